The van der Waals surface area contributed by atoms with Crippen LogP contribution < -0.4 is 15.4 Å². The van der Waals surface area contributed by atoms with Crippen molar-refractivity contribution in [1.82, 2.24) is 0 Å². The molecular weight excluding hydrogens is 345 g/mol. The number of rotatable bonds is 7. The zero-order valence-electron chi connectivity index (χ0n) is 14.6. The lowest BCUT2D eigenvalue weighted by molar-refractivity contribution is -0.137. The fourth-order valence-electron chi connectivity index (χ4n) is 2.21. The summed E-state index contributed by atoms with van der Waals surface area (Å²) in [7, 11) is 0. The minimum atomic E-state index is -4.35. The Balaban J connectivity index is 1.76. The van der Waals surface area contributed by atoms with Crippen LogP contribution in [0.4, 0.5) is 24.5 Å². The van der Waals surface area contributed by atoms with Crippen molar-refractivity contribution in [3.8, 4) is 5.75 Å². The maximum Gasteiger partial charge on any atom is 0.416 e. The fraction of sp³-hybridized carbons (Fsp3) is 0.316. The third-order valence-electron chi connectivity index (χ3n) is 3.40. The number of benzene rings is 2. The van der Waals surface area contributed by atoms with Crippen LogP contribution in [0.3, 0.4) is 0 Å². The van der Waals surface area contributed by atoms with Gasteiger partial charge in [0.15, 0.2) is 0 Å². The van der Waals surface area contributed by atoms with Gasteiger partial charge in [-0.1, -0.05) is 0 Å². The standard InChI is InChI=1S/C19H21F3N2O2/c1-13(2)26-17-9-7-16(8-10-17)24-18(25)11-12-23-15-5-3-14(4-6-15)19(20,21)22/h3-10,13,23H,11-12H2,1-2H3,(H,24,25). The number of halogens is 3. The van der Waals surface area contributed by atoms with E-state index in [4.69, 9.17) is 4.74 Å². The molecule has 0 heterocycles. The van der Waals surface area contributed by atoms with Crippen LogP contribution in [-0.4, -0.2) is 18.6 Å². The van der Waals surface area contributed by atoms with E-state index in [9.17, 15) is 18.0 Å². The second-order valence-corrected chi connectivity index (χ2v) is 5.99. The molecular formula is C19H21F3N2O2. The fourth-order valence-corrected chi connectivity index (χ4v) is 2.21. The van der Waals surface area contributed by atoms with Gasteiger partial charge < -0.3 is 15.4 Å². The number of anilines is 2. The highest BCUT2D eigenvalue weighted by Gasteiger charge is 2.29. The average Bonchev–Trinajstić information content (AvgIpc) is 2.56. The largest absolute Gasteiger partial charge is 0.491 e. The molecule has 0 aliphatic rings. The molecule has 140 valence electrons. The lowest BCUT2D eigenvalue weighted by Gasteiger charge is -2.11. The molecule has 0 bridgehead atoms. The summed E-state index contributed by atoms with van der Waals surface area (Å²) in [6, 6.07) is 11.7. The second-order valence-electron chi connectivity index (χ2n) is 5.99. The summed E-state index contributed by atoms with van der Waals surface area (Å²) in [6.07, 6.45) is -4.09. The highest BCUT2D eigenvalue weighted by molar-refractivity contribution is 5.91. The minimum Gasteiger partial charge on any atom is -0.491 e. The number of nitrogens with one attached hydrogen (secondary N) is 2. The molecule has 0 radical (unpaired) electrons. The minimum absolute atomic E-state index is 0.0757. The third kappa shape index (κ3) is 6.31. The van der Waals surface area contributed by atoms with Crippen molar-refractivity contribution in [3.63, 3.8) is 0 Å². The molecule has 26 heavy (non-hydrogen) atoms. The van der Waals surface area contributed by atoms with Crippen molar-refractivity contribution in [2.45, 2.75) is 32.5 Å². The summed E-state index contributed by atoms with van der Waals surface area (Å²) in [6.45, 7) is 4.17. The van der Waals surface area contributed by atoms with Crippen molar-refractivity contribution >= 4 is 17.3 Å². The number of ether oxygens (including phenoxy) is 1. The molecule has 7 heteroatoms. The van der Waals surface area contributed by atoms with E-state index in [2.05, 4.69) is 10.6 Å². The smallest absolute Gasteiger partial charge is 0.416 e. The number of carbonyl (C=O) groups excluding carboxylic acids is 1. The van der Waals surface area contributed by atoms with Crippen molar-refractivity contribution in [3.05, 3.63) is 54.1 Å². The third-order valence-corrected chi connectivity index (χ3v) is 3.40. The molecule has 0 unspecified atom stereocenters. The van der Waals surface area contributed by atoms with E-state index in [1.807, 2.05) is 13.8 Å². The quantitative estimate of drug-likeness (QED) is 0.730. The Bertz CT molecular complexity index is 711. The second kappa shape index (κ2) is 8.60. The summed E-state index contributed by atoms with van der Waals surface area (Å²) in [5.41, 5.74) is 0.479. The van der Waals surface area contributed by atoms with Crippen LogP contribution >= 0.6 is 0 Å². The molecule has 0 spiro atoms. The van der Waals surface area contributed by atoms with Gasteiger partial charge in [0.25, 0.3) is 0 Å². The molecule has 0 fully saturated rings. The van der Waals surface area contributed by atoms with Gasteiger partial charge >= 0.3 is 6.18 Å². The lowest BCUT2D eigenvalue weighted by Crippen LogP contribution is -2.16. The number of hydrogen-bond acceptors (Lipinski definition) is 3. The number of amides is 1. The number of carbonyl (C=O) groups is 1. The van der Waals surface area contributed by atoms with Crippen LogP contribution in [0.2, 0.25) is 0 Å². The molecule has 0 aliphatic carbocycles. The Morgan fingerprint density at radius 1 is 1.00 bits per heavy atom. The van der Waals surface area contributed by atoms with Crippen LogP contribution in [0.15, 0.2) is 48.5 Å². The van der Waals surface area contributed by atoms with Crippen LogP contribution in [0.1, 0.15) is 25.8 Å². The van der Waals surface area contributed by atoms with Crippen molar-refractivity contribution in [1.29, 1.82) is 0 Å². The predicted octanol–water partition coefficient (Wildman–Crippen LogP) is 4.93. The summed E-state index contributed by atoms with van der Waals surface area (Å²) in [5, 5.41) is 5.68. The molecule has 0 aromatic heterocycles. The van der Waals surface area contributed by atoms with E-state index in [-0.39, 0.29) is 18.4 Å². The molecule has 4 nitrogen and oxygen atoms in total. The van der Waals surface area contributed by atoms with E-state index in [0.29, 0.717) is 17.9 Å². The normalized spacial score (nSPS) is 11.3. The van der Waals surface area contributed by atoms with E-state index in [1.165, 1.54) is 12.1 Å². The van der Waals surface area contributed by atoms with E-state index in [0.717, 1.165) is 17.9 Å². The maximum atomic E-state index is 12.5. The average molecular weight is 366 g/mol. The van der Waals surface area contributed by atoms with Gasteiger partial charge in [-0.2, -0.15) is 13.2 Å². The maximum absolute atomic E-state index is 12.5. The van der Waals surface area contributed by atoms with Gasteiger partial charge in [0.1, 0.15) is 5.75 Å². The van der Waals surface area contributed by atoms with Crippen LogP contribution in [0, 0.1) is 0 Å². The molecule has 2 aromatic carbocycles. The molecule has 0 saturated carbocycles. The SMILES string of the molecule is CC(C)Oc1ccc(NC(=O)CCNc2ccc(C(F)(F)F)cc2)cc1. The lowest BCUT2D eigenvalue weighted by atomic mass is 10.2. The first-order valence-electron chi connectivity index (χ1n) is 8.22. The molecule has 0 saturated heterocycles. The Kier molecular flexibility index (Phi) is 6.49. The van der Waals surface area contributed by atoms with Crippen LogP contribution in [-0.2, 0) is 11.0 Å². The van der Waals surface area contributed by atoms with E-state index >= 15 is 0 Å². The van der Waals surface area contributed by atoms with Crippen molar-refractivity contribution in [2.24, 2.45) is 0 Å². The van der Waals surface area contributed by atoms with Crippen molar-refractivity contribution in [2.75, 3.05) is 17.2 Å². The Morgan fingerprint density at radius 3 is 2.12 bits per heavy atom. The first-order chi connectivity index (χ1) is 12.2. The van der Waals surface area contributed by atoms with Gasteiger partial charge in [-0.15, -0.1) is 0 Å². The predicted molar refractivity (Wildman–Crippen MR) is 95.4 cm³/mol. The number of hydrogen-bond donors (Lipinski definition) is 2. The Morgan fingerprint density at radius 2 is 1.58 bits per heavy atom. The highest BCUT2D eigenvalue weighted by Crippen LogP contribution is 2.29. The van der Waals surface area contributed by atoms with Gasteiger partial charge in [-0.25, -0.2) is 0 Å². The summed E-state index contributed by atoms with van der Waals surface area (Å²) < 4.78 is 43.0. The molecule has 2 rings (SSSR count). The van der Waals surface area contributed by atoms with Crippen molar-refractivity contribution < 1.29 is 22.7 Å². The first kappa shape index (κ1) is 19.6. The van der Waals surface area contributed by atoms with Gasteiger partial charge in [-0.3, -0.25) is 4.79 Å². The van der Waals surface area contributed by atoms with Gasteiger partial charge in [-0.05, 0) is 62.4 Å². The Labute approximate surface area is 150 Å². The molecule has 1 amide bonds. The van der Waals surface area contributed by atoms with E-state index in [1.54, 1.807) is 24.3 Å². The van der Waals surface area contributed by atoms with Crippen LogP contribution in [0.5, 0.6) is 5.75 Å². The molecule has 0 aliphatic heterocycles. The first-order valence-corrected chi connectivity index (χ1v) is 8.22. The topological polar surface area (TPSA) is 50.4 Å². The zero-order chi connectivity index (χ0) is 19.2. The zero-order valence-corrected chi connectivity index (χ0v) is 14.6. The van der Waals surface area contributed by atoms with Gasteiger partial charge in [0.2, 0.25) is 5.91 Å². The van der Waals surface area contributed by atoms with E-state index < -0.39 is 11.7 Å². The molecule has 2 N–H and O–H groups in total. The van der Waals surface area contributed by atoms with Crippen LogP contribution in [0.25, 0.3) is 0 Å². The molecule has 0 atom stereocenters. The summed E-state index contributed by atoms with van der Waals surface area (Å²) in [5.74, 6) is 0.531. The van der Waals surface area contributed by atoms with Gasteiger partial charge in [0, 0.05) is 24.3 Å². The Hall–Kier alpha value is -2.70. The summed E-state index contributed by atoms with van der Waals surface area (Å²) >= 11 is 0. The number of alkyl halides is 3. The highest BCUT2D eigenvalue weighted by atomic mass is 19.4. The summed E-state index contributed by atoms with van der Waals surface area (Å²) in [4.78, 5) is 11.9. The molecule has 2 aromatic rings. The monoisotopic (exact) mass is 366 g/mol. The van der Waals surface area contributed by atoms with Gasteiger partial charge in [0.05, 0.1) is 11.7 Å².